The van der Waals surface area contributed by atoms with Crippen molar-refractivity contribution in [2.75, 3.05) is 13.1 Å². The number of hydrogen-bond acceptors (Lipinski definition) is 6. The molecule has 1 fully saturated rings. The Labute approximate surface area is 188 Å². The lowest BCUT2D eigenvalue weighted by Crippen LogP contribution is -2.51. The molecular formula is C22H31ClN4O4. The average molecular weight is 451 g/mol. The third-order valence-electron chi connectivity index (χ3n) is 5.63. The van der Waals surface area contributed by atoms with E-state index in [1.807, 2.05) is 0 Å². The number of rotatable bonds is 11. The highest BCUT2D eigenvalue weighted by molar-refractivity contribution is 6.15. The summed E-state index contributed by atoms with van der Waals surface area (Å²) in [5.41, 5.74) is 7.04. The first kappa shape index (κ1) is 24.8. The highest BCUT2D eigenvalue weighted by Gasteiger charge is 2.40. The van der Waals surface area contributed by atoms with Crippen molar-refractivity contribution in [3.63, 3.8) is 0 Å². The number of ketones is 1. The van der Waals surface area contributed by atoms with Gasteiger partial charge in [0.1, 0.15) is 6.04 Å². The fraction of sp³-hybridized carbons (Fsp3) is 0.545. The van der Waals surface area contributed by atoms with Gasteiger partial charge >= 0.3 is 0 Å². The van der Waals surface area contributed by atoms with Crippen LogP contribution in [0.15, 0.2) is 35.2 Å². The lowest BCUT2D eigenvalue weighted by atomic mass is 9.97. The van der Waals surface area contributed by atoms with Gasteiger partial charge in [-0.3, -0.25) is 24.5 Å². The van der Waals surface area contributed by atoms with Gasteiger partial charge in [0.25, 0.3) is 5.91 Å². The molecular weight excluding hydrogens is 420 g/mol. The number of halogens is 1. The molecule has 0 aromatic carbocycles. The highest BCUT2D eigenvalue weighted by atomic mass is 35.5. The van der Waals surface area contributed by atoms with Gasteiger partial charge in [-0.1, -0.05) is 32.1 Å². The first-order chi connectivity index (χ1) is 14.5. The maximum Gasteiger partial charge on any atom is 0.259 e. The Hall–Kier alpha value is -2.45. The number of allylic oxidation sites excluding steroid dienone is 3. The average Bonchev–Trinajstić information content (AvgIpc) is 3.03. The van der Waals surface area contributed by atoms with Gasteiger partial charge in [-0.05, 0) is 31.9 Å². The summed E-state index contributed by atoms with van der Waals surface area (Å²) in [6.07, 6.45) is 12.8. The predicted octanol–water partition coefficient (Wildman–Crippen LogP) is 1.61. The van der Waals surface area contributed by atoms with Gasteiger partial charge in [-0.25, -0.2) is 0 Å². The summed E-state index contributed by atoms with van der Waals surface area (Å²) in [4.78, 5) is 49.8. The first-order valence-corrected chi connectivity index (χ1v) is 10.8. The summed E-state index contributed by atoms with van der Waals surface area (Å²) in [5.74, 6) is -1.43. The number of hydrogen-bond donors (Lipinski definition) is 3. The molecule has 0 aromatic heterocycles. The number of amides is 3. The lowest BCUT2D eigenvalue weighted by Gasteiger charge is -2.27. The van der Waals surface area contributed by atoms with Crippen molar-refractivity contribution in [3.8, 4) is 0 Å². The number of fused-ring (bicyclic) bond motifs is 1. The number of piperidine rings is 1. The molecule has 3 amide bonds. The quantitative estimate of drug-likeness (QED) is 0.325. The molecule has 8 nitrogen and oxygen atoms in total. The van der Waals surface area contributed by atoms with E-state index < -0.39 is 11.9 Å². The van der Waals surface area contributed by atoms with Crippen LogP contribution in [0.5, 0.6) is 0 Å². The normalized spacial score (nSPS) is 20.5. The number of carbonyl (C=O) groups is 4. The van der Waals surface area contributed by atoms with Crippen LogP contribution in [0.25, 0.3) is 0 Å². The van der Waals surface area contributed by atoms with Crippen LogP contribution < -0.4 is 16.4 Å². The molecule has 9 heteroatoms. The molecule has 3 rings (SSSR count). The Kier molecular flexibility index (Phi) is 9.45. The second-order valence-corrected chi connectivity index (χ2v) is 7.93. The van der Waals surface area contributed by atoms with E-state index in [4.69, 9.17) is 5.73 Å². The minimum Gasteiger partial charge on any atom is -0.384 e. The van der Waals surface area contributed by atoms with E-state index in [1.165, 1.54) is 42.7 Å². The topological polar surface area (TPSA) is 122 Å². The number of imide groups is 1. The minimum absolute atomic E-state index is 0. The third-order valence-corrected chi connectivity index (χ3v) is 5.63. The van der Waals surface area contributed by atoms with Gasteiger partial charge in [0.05, 0.1) is 5.57 Å². The summed E-state index contributed by atoms with van der Waals surface area (Å²) in [7, 11) is 0. The highest BCUT2D eigenvalue weighted by Crippen LogP contribution is 2.33. The molecule has 1 atom stereocenters. The van der Waals surface area contributed by atoms with Crippen molar-refractivity contribution < 1.29 is 19.2 Å². The molecule has 31 heavy (non-hydrogen) atoms. The summed E-state index contributed by atoms with van der Waals surface area (Å²) in [6.45, 7) is 1.46. The van der Waals surface area contributed by atoms with Crippen LogP contribution in [0.2, 0.25) is 0 Å². The summed E-state index contributed by atoms with van der Waals surface area (Å²) >= 11 is 0. The van der Waals surface area contributed by atoms with Gasteiger partial charge < -0.3 is 16.0 Å². The monoisotopic (exact) mass is 450 g/mol. The molecule has 0 radical (unpaired) electrons. The van der Waals surface area contributed by atoms with Crippen LogP contribution in [0.3, 0.4) is 0 Å². The Morgan fingerprint density at radius 1 is 0.968 bits per heavy atom. The zero-order valence-electron chi connectivity index (χ0n) is 17.7. The van der Waals surface area contributed by atoms with E-state index in [-0.39, 0.29) is 42.8 Å². The molecule has 0 saturated carbocycles. The van der Waals surface area contributed by atoms with Gasteiger partial charge in [0, 0.05) is 36.5 Å². The van der Waals surface area contributed by atoms with E-state index in [1.54, 1.807) is 6.20 Å². The molecule has 0 bridgehead atoms. The number of carbonyl (C=O) groups excluding carboxylic acids is 4. The molecule has 0 aromatic rings. The number of nitrogens with one attached hydrogen (secondary N) is 2. The molecule has 4 N–H and O–H groups in total. The number of nitrogens with zero attached hydrogens (tertiary/aromatic N) is 1. The van der Waals surface area contributed by atoms with Crippen molar-refractivity contribution in [3.05, 3.63) is 35.2 Å². The van der Waals surface area contributed by atoms with E-state index in [0.29, 0.717) is 23.4 Å². The van der Waals surface area contributed by atoms with Gasteiger partial charge in [0.2, 0.25) is 11.8 Å². The number of unbranched alkanes of at least 4 members (excludes halogenated alkanes) is 6. The SMILES string of the molecule is Cl.NCCCCCCCCCNC1=CC(=O)C=C2C(=O)N(C3CCC(=O)NC3=O)C=C12. The zero-order valence-corrected chi connectivity index (χ0v) is 18.5. The molecule has 2 aliphatic heterocycles. The Bertz CT molecular complexity index is 818. The van der Waals surface area contributed by atoms with E-state index in [0.717, 1.165) is 25.8 Å². The summed E-state index contributed by atoms with van der Waals surface area (Å²) < 4.78 is 0. The van der Waals surface area contributed by atoms with Crippen LogP contribution >= 0.6 is 12.4 Å². The molecule has 1 aliphatic carbocycles. The maximum absolute atomic E-state index is 12.8. The molecule has 1 saturated heterocycles. The standard InChI is InChI=1S/C22H30N4O4.ClH/c23-10-6-4-2-1-3-5-7-11-24-18-13-15(27)12-16-17(18)14-26(22(16)30)19-8-9-20(28)25-21(19)29;/h12-14,19,24H,1-11,23H2,(H,25,28,29);1H. The third kappa shape index (κ3) is 6.27. The van der Waals surface area contributed by atoms with E-state index in [2.05, 4.69) is 10.6 Å². The Balaban J connectivity index is 0.00000341. The van der Waals surface area contributed by atoms with Crippen molar-refractivity contribution in [1.29, 1.82) is 0 Å². The minimum atomic E-state index is -0.732. The van der Waals surface area contributed by atoms with Crippen LogP contribution in [0.4, 0.5) is 0 Å². The summed E-state index contributed by atoms with van der Waals surface area (Å²) in [6, 6.07) is -0.732. The number of nitrogens with two attached hydrogens (primary N) is 1. The Morgan fingerprint density at radius 3 is 2.32 bits per heavy atom. The Morgan fingerprint density at radius 2 is 1.65 bits per heavy atom. The molecule has 1 unspecified atom stereocenters. The molecule has 3 aliphatic rings. The molecule has 170 valence electrons. The van der Waals surface area contributed by atoms with Crippen LogP contribution in [0.1, 0.15) is 57.8 Å². The largest absolute Gasteiger partial charge is 0.384 e. The predicted molar refractivity (Wildman–Crippen MR) is 119 cm³/mol. The summed E-state index contributed by atoms with van der Waals surface area (Å²) in [5, 5.41) is 5.55. The van der Waals surface area contributed by atoms with Crippen LogP contribution in [-0.2, 0) is 19.2 Å². The van der Waals surface area contributed by atoms with Crippen LogP contribution in [0, 0.1) is 0 Å². The van der Waals surface area contributed by atoms with Gasteiger partial charge in [-0.15, -0.1) is 12.4 Å². The first-order valence-electron chi connectivity index (χ1n) is 10.8. The van der Waals surface area contributed by atoms with Crippen molar-refractivity contribution in [2.45, 2.75) is 63.8 Å². The molecule has 0 spiro atoms. The smallest absolute Gasteiger partial charge is 0.259 e. The lowest BCUT2D eigenvalue weighted by molar-refractivity contribution is -0.141. The van der Waals surface area contributed by atoms with E-state index in [9.17, 15) is 19.2 Å². The fourth-order valence-electron chi connectivity index (χ4n) is 3.98. The van der Waals surface area contributed by atoms with Crippen molar-refractivity contribution >= 4 is 35.9 Å². The second-order valence-electron chi connectivity index (χ2n) is 7.93. The van der Waals surface area contributed by atoms with Crippen molar-refractivity contribution in [1.82, 2.24) is 15.5 Å². The van der Waals surface area contributed by atoms with Gasteiger partial charge in [-0.2, -0.15) is 0 Å². The fourth-order valence-corrected chi connectivity index (χ4v) is 3.98. The zero-order chi connectivity index (χ0) is 21.5. The van der Waals surface area contributed by atoms with Gasteiger partial charge in [0.15, 0.2) is 5.78 Å². The van der Waals surface area contributed by atoms with E-state index >= 15 is 0 Å². The van der Waals surface area contributed by atoms with Crippen LogP contribution in [-0.4, -0.2) is 47.5 Å². The molecule has 2 heterocycles. The van der Waals surface area contributed by atoms with Crippen molar-refractivity contribution in [2.24, 2.45) is 5.73 Å². The second kappa shape index (κ2) is 11.8. The maximum atomic E-state index is 12.8.